The first-order valence-electron chi connectivity index (χ1n) is 7.29. The van der Waals surface area contributed by atoms with Crippen LogP contribution in [0, 0.1) is 0 Å². The number of halogens is 1. The molecule has 0 saturated carbocycles. The van der Waals surface area contributed by atoms with Gasteiger partial charge in [0.2, 0.25) is 0 Å². The Labute approximate surface area is 120 Å². The monoisotopic (exact) mass is 310 g/mol. The van der Waals surface area contributed by atoms with Crippen LogP contribution in [-0.2, 0) is 9.16 Å². The summed E-state index contributed by atoms with van der Waals surface area (Å²) in [5, 5.41) is 0. The maximum Gasteiger partial charge on any atom is 0.192 e. The average Bonchev–Trinajstić information content (AvgIpc) is 2.32. The van der Waals surface area contributed by atoms with Crippen LogP contribution in [0.5, 0.6) is 0 Å². The lowest BCUT2D eigenvalue weighted by molar-refractivity contribution is 0.0968. The molecule has 0 rings (SSSR count). The van der Waals surface area contributed by atoms with Gasteiger partial charge in [-0.15, -0.1) is 0 Å². The van der Waals surface area contributed by atoms with E-state index >= 15 is 0 Å². The van der Waals surface area contributed by atoms with Gasteiger partial charge in [-0.25, -0.2) is 0 Å². The van der Waals surface area contributed by atoms with Crippen molar-refractivity contribution in [3.05, 3.63) is 0 Å². The lowest BCUT2D eigenvalue weighted by atomic mass is 10.5. The van der Waals surface area contributed by atoms with Gasteiger partial charge in [0, 0.05) is 6.61 Å². The highest BCUT2D eigenvalue weighted by atomic mass is 35.6. The van der Waals surface area contributed by atoms with Crippen LogP contribution in [0.2, 0.25) is 37.3 Å². The van der Waals surface area contributed by atoms with Gasteiger partial charge in [0.05, 0.1) is 13.2 Å². The number of hydrogen-bond acceptors (Lipinski definition) is 2. The van der Waals surface area contributed by atoms with E-state index in [2.05, 4.69) is 33.9 Å². The third kappa shape index (κ3) is 8.69. The molecule has 0 fully saturated rings. The molecule has 0 aliphatic carbocycles. The van der Waals surface area contributed by atoms with Crippen molar-refractivity contribution in [3.63, 3.8) is 0 Å². The fourth-order valence-electron chi connectivity index (χ4n) is 2.07. The average molecular weight is 311 g/mol. The fraction of sp³-hybridized carbons (Fsp3) is 1.00. The molecule has 0 N–H and O–H groups in total. The minimum atomic E-state index is -1.41. The van der Waals surface area contributed by atoms with E-state index in [1.165, 1.54) is 18.1 Å². The highest BCUT2D eigenvalue weighted by molar-refractivity contribution is 7.19. The zero-order valence-electron chi connectivity index (χ0n) is 12.9. The molecule has 0 aromatic rings. The molecular weight excluding hydrogens is 280 g/mol. The molecule has 0 heterocycles. The van der Waals surface area contributed by atoms with Crippen LogP contribution in [-0.4, -0.2) is 35.5 Å². The Balaban J connectivity index is 3.56. The van der Waals surface area contributed by atoms with Crippen molar-refractivity contribution in [1.82, 2.24) is 0 Å². The first-order valence-corrected chi connectivity index (χ1v) is 14.0. The molecule has 0 saturated heterocycles. The Bertz CT molecular complexity index is 195. The Hall–Kier alpha value is 0.644. The normalized spacial score (nSPS) is 13.0. The predicted molar refractivity (Wildman–Crippen MR) is 86.7 cm³/mol. The van der Waals surface area contributed by atoms with E-state index in [-0.39, 0.29) is 0 Å². The highest BCUT2D eigenvalue weighted by Gasteiger charge is 2.28. The van der Waals surface area contributed by atoms with E-state index in [1.807, 2.05) is 0 Å². The summed E-state index contributed by atoms with van der Waals surface area (Å²) in [4.78, 5) is 0. The third-order valence-corrected chi connectivity index (χ3v) is 10.4. The van der Waals surface area contributed by atoms with Gasteiger partial charge in [0.15, 0.2) is 15.7 Å². The quantitative estimate of drug-likeness (QED) is 0.308. The van der Waals surface area contributed by atoms with Crippen molar-refractivity contribution < 1.29 is 9.16 Å². The second-order valence-electron chi connectivity index (χ2n) is 5.53. The molecule has 0 aromatic heterocycles. The van der Waals surface area contributed by atoms with E-state index < -0.39 is 15.7 Å². The molecule has 0 radical (unpaired) electrons. The first kappa shape index (κ1) is 18.6. The Morgan fingerprint density at radius 3 is 1.89 bits per heavy atom. The largest absolute Gasteiger partial charge is 0.414 e. The molecule has 5 heteroatoms. The molecule has 2 nitrogen and oxygen atoms in total. The SMILES string of the molecule is CC[Si](CC)(CC)OCCOCCC[Si](C)(C)Cl. The molecule has 110 valence electrons. The van der Waals surface area contributed by atoms with Gasteiger partial charge >= 0.3 is 0 Å². The van der Waals surface area contributed by atoms with Gasteiger partial charge in [-0.2, -0.15) is 11.1 Å². The number of rotatable bonds is 11. The first-order chi connectivity index (χ1) is 8.39. The Kier molecular flexibility index (Phi) is 9.87. The number of ether oxygens (including phenoxy) is 1. The van der Waals surface area contributed by atoms with Gasteiger partial charge in [-0.3, -0.25) is 0 Å². The van der Waals surface area contributed by atoms with Crippen molar-refractivity contribution in [1.29, 1.82) is 0 Å². The van der Waals surface area contributed by atoms with E-state index in [1.54, 1.807) is 0 Å². The molecule has 0 aliphatic rings. The van der Waals surface area contributed by atoms with Crippen LogP contribution in [0.4, 0.5) is 0 Å². The van der Waals surface area contributed by atoms with Crippen LogP contribution < -0.4 is 0 Å². The summed E-state index contributed by atoms with van der Waals surface area (Å²) in [6.07, 6.45) is 1.08. The van der Waals surface area contributed by atoms with E-state index in [0.717, 1.165) is 32.3 Å². The van der Waals surface area contributed by atoms with Crippen molar-refractivity contribution in [2.45, 2.75) is 64.5 Å². The fourth-order valence-corrected chi connectivity index (χ4v) is 6.08. The van der Waals surface area contributed by atoms with Gasteiger partial charge in [0.1, 0.15) is 0 Å². The van der Waals surface area contributed by atoms with Crippen LogP contribution in [0.3, 0.4) is 0 Å². The number of hydrogen-bond donors (Lipinski definition) is 0. The second kappa shape index (κ2) is 9.53. The van der Waals surface area contributed by atoms with Crippen molar-refractivity contribution >= 4 is 26.8 Å². The summed E-state index contributed by atoms with van der Waals surface area (Å²) in [6.45, 7) is 13.5. The zero-order valence-corrected chi connectivity index (χ0v) is 15.6. The third-order valence-electron chi connectivity index (χ3n) is 3.63. The van der Waals surface area contributed by atoms with Crippen LogP contribution in [0.15, 0.2) is 0 Å². The summed E-state index contributed by atoms with van der Waals surface area (Å²) in [5.41, 5.74) is 0. The van der Waals surface area contributed by atoms with Crippen LogP contribution in [0.1, 0.15) is 27.2 Å². The van der Waals surface area contributed by atoms with E-state index in [9.17, 15) is 0 Å². The minimum Gasteiger partial charge on any atom is -0.414 e. The summed E-state index contributed by atoms with van der Waals surface area (Å²) < 4.78 is 11.7. The van der Waals surface area contributed by atoms with E-state index in [0.29, 0.717) is 0 Å². The lowest BCUT2D eigenvalue weighted by Crippen LogP contribution is -2.36. The summed E-state index contributed by atoms with van der Waals surface area (Å²) in [5.74, 6) is 0. The second-order valence-corrected chi connectivity index (χ2v) is 17.3. The van der Waals surface area contributed by atoms with Crippen LogP contribution >= 0.6 is 11.1 Å². The van der Waals surface area contributed by atoms with Gasteiger partial charge in [-0.1, -0.05) is 33.9 Å². The molecular formula is C13H31ClO2Si2. The van der Waals surface area contributed by atoms with Crippen molar-refractivity contribution in [2.75, 3.05) is 19.8 Å². The lowest BCUT2D eigenvalue weighted by Gasteiger charge is -2.27. The predicted octanol–water partition coefficient (Wildman–Crippen LogP) is 4.86. The highest BCUT2D eigenvalue weighted by Crippen LogP contribution is 2.21. The molecule has 0 bridgehead atoms. The van der Waals surface area contributed by atoms with Gasteiger partial charge < -0.3 is 9.16 Å². The molecule has 18 heavy (non-hydrogen) atoms. The van der Waals surface area contributed by atoms with E-state index in [4.69, 9.17) is 20.2 Å². The standard InChI is InChI=1S/C13H31ClO2Si2/c1-6-18(7-2,8-3)16-12-11-15-10-9-13-17(4,5)14/h6-13H2,1-5H3. The van der Waals surface area contributed by atoms with Crippen molar-refractivity contribution in [2.24, 2.45) is 0 Å². The van der Waals surface area contributed by atoms with Crippen LogP contribution in [0.25, 0.3) is 0 Å². The summed E-state index contributed by atoms with van der Waals surface area (Å²) in [7, 11) is -2.82. The molecule has 0 unspecified atom stereocenters. The molecule has 0 spiro atoms. The maximum absolute atomic E-state index is 6.25. The van der Waals surface area contributed by atoms with Gasteiger partial charge in [-0.05, 0) is 30.6 Å². The van der Waals surface area contributed by atoms with Gasteiger partial charge in [0.25, 0.3) is 0 Å². The summed E-state index contributed by atoms with van der Waals surface area (Å²) in [6, 6.07) is 4.77. The molecule has 0 amide bonds. The molecule has 0 aromatic carbocycles. The maximum atomic E-state index is 6.25. The molecule has 0 atom stereocenters. The smallest absolute Gasteiger partial charge is 0.192 e. The molecule has 0 aliphatic heterocycles. The van der Waals surface area contributed by atoms with Crippen molar-refractivity contribution in [3.8, 4) is 0 Å². The Morgan fingerprint density at radius 2 is 1.44 bits per heavy atom. The summed E-state index contributed by atoms with van der Waals surface area (Å²) >= 11 is 6.25. The Morgan fingerprint density at radius 1 is 0.889 bits per heavy atom. The minimum absolute atomic E-state index is 0.735. The topological polar surface area (TPSA) is 18.5 Å². The zero-order chi connectivity index (χ0) is 14.1.